The molecule has 1 saturated heterocycles. The van der Waals surface area contributed by atoms with Crippen molar-refractivity contribution in [3.8, 4) is 6.07 Å². The third-order valence-corrected chi connectivity index (χ3v) is 2.91. The highest BCUT2D eigenvalue weighted by Crippen LogP contribution is 2.18. The number of rotatable bonds is 2. The van der Waals surface area contributed by atoms with Crippen LogP contribution in [0.2, 0.25) is 0 Å². The van der Waals surface area contributed by atoms with Crippen LogP contribution in [0.3, 0.4) is 0 Å². The summed E-state index contributed by atoms with van der Waals surface area (Å²) in [5, 5.41) is 11.6. The Hall–Kier alpha value is -1.86. The number of carbonyl (C=O) groups is 1. The molecule has 1 N–H and O–H groups in total. The first-order valence-corrected chi connectivity index (χ1v) is 5.53. The molecule has 1 heterocycles. The second kappa shape index (κ2) is 4.56. The SMILES string of the molecule is CC1(NC(=O)c2ccc(C#N)cc2)CCOC1. The van der Waals surface area contributed by atoms with Crippen LogP contribution in [0.25, 0.3) is 0 Å². The monoisotopic (exact) mass is 230 g/mol. The summed E-state index contributed by atoms with van der Waals surface area (Å²) in [4.78, 5) is 12.0. The Morgan fingerprint density at radius 1 is 1.47 bits per heavy atom. The molecule has 1 fully saturated rings. The topological polar surface area (TPSA) is 62.1 Å². The highest BCUT2D eigenvalue weighted by Gasteiger charge is 2.31. The van der Waals surface area contributed by atoms with Gasteiger partial charge < -0.3 is 10.1 Å². The van der Waals surface area contributed by atoms with Gasteiger partial charge in [-0.2, -0.15) is 5.26 Å². The van der Waals surface area contributed by atoms with Gasteiger partial charge in [-0.25, -0.2) is 0 Å². The minimum absolute atomic E-state index is 0.123. The number of carbonyl (C=O) groups excluding carboxylic acids is 1. The molecule has 1 amide bonds. The molecule has 1 unspecified atom stereocenters. The summed E-state index contributed by atoms with van der Waals surface area (Å²) in [5.74, 6) is -0.123. The van der Waals surface area contributed by atoms with Gasteiger partial charge in [-0.1, -0.05) is 0 Å². The Morgan fingerprint density at radius 3 is 2.71 bits per heavy atom. The molecule has 4 heteroatoms. The molecule has 88 valence electrons. The average Bonchev–Trinajstić information content (AvgIpc) is 2.76. The zero-order chi connectivity index (χ0) is 12.3. The molecule has 0 aliphatic carbocycles. The summed E-state index contributed by atoms with van der Waals surface area (Å²) >= 11 is 0. The number of benzene rings is 1. The van der Waals surface area contributed by atoms with Crippen LogP contribution in [0, 0.1) is 11.3 Å². The summed E-state index contributed by atoms with van der Waals surface area (Å²) in [6.07, 6.45) is 0.828. The van der Waals surface area contributed by atoms with E-state index in [1.165, 1.54) is 0 Å². The van der Waals surface area contributed by atoms with Crippen molar-refractivity contribution in [3.05, 3.63) is 35.4 Å². The van der Waals surface area contributed by atoms with Crippen LogP contribution < -0.4 is 5.32 Å². The van der Waals surface area contributed by atoms with E-state index >= 15 is 0 Å². The lowest BCUT2D eigenvalue weighted by molar-refractivity contribution is 0.0890. The number of ether oxygens (including phenoxy) is 1. The fraction of sp³-hybridized carbons (Fsp3) is 0.385. The van der Waals surface area contributed by atoms with Crippen molar-refractivity contribution >= 4 is 5.91 Å². The van der Waals surface area contributed by atoms with E-state index in [9.17, 15) is 4.79 Å². The van der Waals surface area contributed by atoms with Gasteiger partial charge in [0.1, 0.15) is 0 Å². The summed E-state index contributed by atoms with van der Waals surface area (Å²) in [6.45, 7) is 3.21. The van der Waals surface area contributed by atoms with E-state index in [-0.39, 0.29) is 11.4 Å². The maximum Gasteiger partial charge on any atom is 0.251 e. The van der Waals surface area contributed by atoms with Gasteiger partial charge in [-0.3, -0.25) is 4.79 Å². The first-order valence-electron chi connectivity index (χ1n) is 5.53. The summed E-state index contributed by atoms with van der Waals surface area (Å²) in [7, 11) is 0. The fourth-order valence-electron chi connectivity index (χ4n) is 1.81. The molecule has 1 aliphatic heterocycles. The maximum absolute atomic E-state index is 12.0. The van der Waals surface area contributed by atoms with Crippen molar-refractivity contribution in [3.63, 3.8) is 0 Å². The van der Waals surface area contributed by atoms with Crippen molar-refractivity contribution in [2.45, 2.75) is 18.9 Å². The van der Waals surface area contributed by atoms with Crippen molar-refractivity contribution in [1.82, 2.24) is 5.32 Å². The lowest BCUT2D eigenvalue weighted by atomic mass is 10.0. The molecule has 1 aliphatic rings. The molecule has 0 spiro atoms. The third kappa shape index (κ3) is 2.63. The highest BCUT2D eigenvalue weighted by molar-refractivity contribution is 5.94. The van der Waals surface area contributed by atoms with Crippen molar-refractivity contribution in [2.75, 3.05) is 13.2 Å². The number of nitrogens with one attached hydrogen (secondary N) is 1. The molecule has 0 bridgehead atoms. The molecular formula is C13H14N2O2. The van der Waals surface area contributed by atoms with Gasteiger partial charge in [0.25, 0.3) is 5.91 Å². The lowest BCUT2D eigenvalue weighted by Crippen LogP contribution is -2.46. The third-order valence-electron chi connectivity index (χ3n) is 2.91. The van der Waals surface area contributed by atoms with E-state index in [1.54, 1.807) is 24.3 Å². The molecule has 0 radical (unpaired) electrons. The standard InChI is InChI=1S/C13H14N2O2/c1-13(6-7-17-9-13)15-12(16)11-4-2-10(8-14)3-5-11/h2-5H,6-7,9H2,1H3,(H,15,16). The molecule has 0 aromatic heterocycles. The molecule has 17 heavy (non-hydrogen) atoms. The molecule has 1 aromatic carbocycles. The average molecular weight is 230 g/mol. The Balaban J connectivity index is 2.07. The van der Waals surface area contributed by atoms with Gasteiger partial charge in [-0.15, -0.1) is 0 Å². The second-order valence-electron chi connectivity index (χ2n) is 4.51. The largest absolute Gasteiger partial charge is 0.379 e. The summed E-state index contributed by atoms with van der Waals surface area (Å²) in [6, 6.07) is 8.62. The second-order valence-corrected chi connectivity index (χ2v) is 4.51. The minimum atomic E-state index is -0.273. The number of nitrogens with zero attached hydrogens (tertiary/aromatic N) is 1. The van der Waals surface area contributed by atoms with Crippen LogP contribution in [0.5, 0.6) is 0 Å². The Morgan fingerprint density at radius 2 is 2.18 bits per heavy atom. The minimum Gasteiger partial charge on any atom is -0.379 e. The Labute approximate surface area is 100 Å². The normalized spacial score (nSPS) is 23.1. The van der Waals surface area contributed by atoms with Crippen molar-refractivity contribution in [1.29, 1.82) is 5.26 Å². The fourth-order valence-corrected chi connectivity index (χ4v) is 1.81. The van der Waals surface area contributed by atoms with E-state index in [0.717, 1.165) is 6.42 Å². The van der Waals surface area contributed by atoms with Gasteiger partial charge >= 0.3 is 0 Å². The van der Waals surface area contributed by atoms with Crippen LogP contribution in [0.4, 0.5) is 0 Å². The van der Waals surface area contributed by atoms with Crippen LogP contribution >= 0.6 is 0 Å². The molecule has 1 aromatic rings. The van der Waals surface area contributed by atoms with Crippen molar-refractivity contribution in [2.24, 2.45) is 0 Å². The number of nitriles is 1. The molecule has 1 atom stereocenters. The van der Waals surface area contributed by atoms with Crippen LogP contribution in [0.15, 0.2) is 24.3 Å². The van der Waals surface area contributed by atoms with Gasteiger partial charge in [0.15, 0.2) is 0 Å². The van der Waals surface area contributed by atoms with E-state index in [0.29, 0.717) is 24.3 Å². The Bertz CT molecular complexity index is 453. The summed E-state index contributed by atoms with van der Waals surface area (Å²) in [5.41, 5.74) is 0.847. The van der Waals surface area contributed by atoms with Gasteiger partial charge in [0.05, 0.1) is 23.8 Å². The van der Waals surface area contributed by atoms with Crippen LogP contribution in [-0.4, -0.2) is 24.7 Å². The van der Waals surface area contributed by atoms with Crippen LogP contribution in [-0.2, 0) is 4.74 Å². The zero-order valence-electron chi connectivity index (χ0n) is 9.69. The van der Waals surface area contributed by atoms with Gasteiger partial charge in [-0.05, 0) is 37.6 Å². The van der Waals surface area contributed by atoms with Crippen molar-refractivity contribution < 1.29 is 9.53 Å². The highest BCUT2D eigenvalue weighted by atomic mass is 16.5. The number of hydrogen-bond acceptors (Lipinski definition) is 3. The van der Waals surface area contributed by atoms with Gasteiger partial charge in [0, 0.05) is 12.2 Å². The predicted octanol–water partition coefficient (Wildman–Crippen LogP) is 1.47. The maximum atomic E-state index is 12.0. The first kappa shape index (κ1) is 11.6. The molecule has 0 saturated carbocycles. The quantitative estimate of drug-likeness (QED) is 0.836. The smallest absolute Gasteiger partial charge is 0.251 e. The number of hydrogen-bond donors (Lipinski definition) is 1. The zero-order valence-corrected chi connectivity index (χ0v) is 9.69. The molecular weight excluding hydrogens is 216 g/mol. The van der Waals surface area contributed by atoms with E-state index < -0.39 is 0 Å². The van der Waals surface area contributed by atoms with E-state index in [1.807, 2.05) is 13.0 Å². The Kier molecular flexibility index (Phi) is 3.12. The van der Waals surface area contributed by atoms with Gasteiger partial charge in [0.2, 0.25) is 0 Å². The molecule has 2 rings (SSSR count). The number of amides is 1. The lowest BCUT2D eigenvalue weighted by Gasteiger charge is -2.23. The van der Waals surface area contributed by atoms with E-state index in [2.05, 4.69) is 5.32 Å². The molecule has 4 nitrogen and oxygen atoms in total. The predicted molar refractivity (Wildman–Crippen MR) is 62.5 cm³/mol. The van der Waals surface area contributed by atoms with E-state index in [4.69, 9.17) is 10.00 Å². The first-order chi connectivity index (χ1) is 8.13. The van der Waals surface area contributed by atoms with Crippen LogP contribution in [0.1, 0.15) is 29.3 Å². The summed E-state index contributed by atoms with van der Waals surface area (Å²) < 4.78 is 5.28.